The Morgan fingerprint density at radius 3 is 2.21 bits per heavy atom. The fourth-order valence-electron chi connectivity index (χ4n) is 3.14. The number of carbonyl (C=O) groups excluding carboxylic acids is 2. The van der Waals surface area contributed by atoms with Gasteiger partial charge in [0.25, 0.3) is 0 Å². The molecule has 0 aliphatic rings. The minimum Gasteiger partial charge on any atom is -0.497 e. The summed E-state index contributed by atoms with van der Waals surface area (Å²) >= 11 is 6.16. The monoisotopic (exact) mass is 497 g/mol. The Labute approximate surface area is 199 Å². The molecule has 2 amide bonds. The number of ether oxygens (including phenoxy) is 2. The molecule has 2 aromatic carbocycles. The van der Waals surface area contributed by atoms with Crippen molar-refractivity contribution >= 4 is 39.1 Å². The second-order valence-corrected chi connectivity index (χ2v) is 9.56. The van der Waals surface area contributed by atoms with Crippen LogP contribution in [0, 0.1) is 0 Å². The summed E-state index contributed by atoms with van der Waals surface area (Å²) in [5, 5.41) is 2.72. The third-order valence-corrected chi connectivity index (χ3v) is 6.46. The topological polar surface area (TPSA) is 105 Å². The van der Waals surface area contributed by atoms with E-state index in [9.17, 15) is 18.0 Å². The molecule has 0 bridgehead atoms. The molecule has 11 heteroatoms. The molecule has 1 N–H and O–H groups in total. The summed E-state index contributed by atoms with van der Waals surface area (Å²) in [6, 6.07) is 10.6. The summed E-state index contributed by atoms with van der Waals surface area (Å²) in [7, 11) is 0.608. The number of rotatable bonds is 10. The molecular formula is C22H28ClN3O6S. The Hall–Kier alpha value is -2.98. The van der Waals surface area contributed by atoms with Crippen LogP contribution in [0.4, 0.5) is 5.69 Å². The molecule has 180 valence electrons. The Balaban J connectivity index is 2.39. The van der Waals surface area contributed by atoms with Gasteiger partial charge in [-0.1, -0.05) is 23.7 Å². The highest BCUT2D eigenvalue weighted by molar-refractivity contribution is 7.92. The standard InChI is InChI=1S/C22H28ClN3O6S/c1-15(22(28)24-2)25(13-16-6-9-18(31-3)10-7-16)21(27)14-26(33(5,29)30)17-8-11-20(32-4)19(23)12-17/h6-12,15H,13-14H2,1-5H3,(H,24,28). The lowest BCUT2D eigenvalue weighted by Crippen LogP contribution is -2.50. The molecular weight excluding hydrogens is 470 g/mol. The summed E-state index contributed by atoms with van der Waals surface area (Å²) in [5.74, 6) is 0.0831. The van der Waals surface area contributed by atoms with Gasteiger partial charge in [0.05, 0.1) is 31.2 Å². The van der Waals surface area contributed by atoms with Crippen LogP contribution in [0.3, 0.4) is 0 Å². The summed E-state index contributed by atoms with van der Waals surface area (Å²) < 4.78 is 36.3. The van der Waals surface area contributed by atoms with Crippen molar-refractivity contribution in [1.29, 1.82) is 0 Å². The molecule has 1 unspecified atom stereocenters. The molecule has 0 radical (unpaired) electrons. The van der Waals surface area contributed by atoms with E-state index in [0.29, 0.717) is 11.5 Å². The molecule has 2 aromatic rings. The minimum atomic E-state index is -3.85. The lowest BCUT2D eigenvalue weighted by atomic mass is 10.1. The predicted molar refractivity (Wildman–Crippen MR) is 127 cm³/mol. The van der Waals surface area contributed by atoms with Crippen LogP contribution >= 0.6 is 11.6 Å². The zero-order chi connectivity index (χ0) is 24.8. The highest BCUT2D eigenvalue weighted by Gasteiger charge is 2.30. The van der Waals surface area contributed by atoms with Gasteiger partial charge in [-0.2, -0.15) is 0 Å². The summed E-state index contributed by atoms with van der Waals surface area (Å²) in [5.41, 5.74) is 0.951. The number of amides is 2. The first-order chi connectivity index (χ1) is 15.5. The summed E-state index contributed by atoms with van der Waals surface area (Å²) in [6.45, 7) is 1.16. The van der Waals surface area contributed by atoms with E-state index in [1.165, 1.54) is 37.3 Å². The Morgan fingerprint density at radius 1 is 1.09 bits per heavy atom. The van der Waals surface area contributed by atoms with Crippen molar-refractivity contribution in [1.82, 2.24) is 10.2 Å². The Bertz CT molecular complexity index is 1090. The first-order valence-electron chi connectivity index (χ1n) is 9.97. The molecule has 33 heavy (non-hydrogen) atoms. The summed E-state index contributed by atoms with van der Waals surface area (Å²) in [4.78, 5) is 27.0. The molecule has 0 saturated carbocycles. The van der Waals surface area contributed by atoms with Gasteiger partial charge in [0.2, 0.25) is 21.8 Å². The van der Waals surface area contributed by atoms with Crippen LogP contribution in [0.5, 0.6) is 11.5 Å². The number of nitrogens with zero attached hydrogens (tertiary/aromatic N) is 2. The van der Waals surface area contributed by atoms with Gasteiger partial charge in [-0.25, -0.2) is 8.42 Å². The average molecular weight is 498 g/mol. The molecule has 0 aromatic heterocycles. The van der Waals surface area contributed by atoms with Gasteiger partial charge >= 0.3 is 0 Å². The number of anilines is 1. The molecule has 0 fully saturated rings. The van der Waals surface area contributed by atoms with E-state index in [1.807, 2.05) is 0 Å². The van der Waals surface area contributed by atoms with Crippen molar-refractivity contribution < 1.29 is 27.5 Å². The third kappa shape index (κ3) is 6.75. The van der Waals surface area contributed by atoms with E-state index in [4.69, 9.17) is 21.1 Å². The van der Waals surface area contributed by atoms with Gasteiger partial charge in [0, 0.05) is 13.6 Å². The van der Waals surface area contributed by atoms with Crippen LogP contribution in [0.1, 0.15) is 12.5 Å². The molecule has 0 aliphatic heterocycles. The van der Waals surface area contributed by atoms with Crippen molar-refractivity contribution in [3.05, 3.63) is 53.1 Å². The van der Waals surface area contributed by atoms with Gasteiger partial charge in [0.15, 0.2) is 0 Å². The maximum absolute atomic E-state index is 13.3. The quantitative estimate of drug-likeness (QED) is 0.540. The largest absolute Gasteiger partial charge is 0.497 e. The fourth-order valence-corrected chi connectivity index (χ4v) is 4.24. The van der Waals surface area contributed by atoms with Crippen molar-refractivity contribution in [2.45, 2.75) is 19.5 Å². The maximum atomic E-state index is 13.3. The molecule has 2 rings (SSSR count). The first-order valence-corrected chi connectivity index (χ1v) is 12.2. The molecule has 0 heterocycles. The number of hydrogen-bond donors (Lipinski definition) is 1. The van der Waals surface area contributed by atoms with E-state index < -0.39 is 28.5 Å². The van der Waals surface area contributed by atoms with Gasteiger partial charge in [-0.05, 0) is 42.8 Å². The third-order valence-electron chi connectivity index (χ3n) is 5.03. The number of halogens is 1. The molecule has 0 spiro atoms. The highest BCUT2D eigenvalue weighted by atomic mass is 35.5. The van der Waals surface area contributed by atoms with Gasteiger partial charge in [-0.15, -0.1) is 0 Å². The van der Waals surface area contributed by atoms with Crippen LogP contribution in [-0.2, 0) is 26.2 Å². The van der Waals surface area contributed by atoms with Gasteiger partial charge in [0.1, 0.15) is 24.1 Å². The van der Waals surface area contributed by atoms with Crippen LogP contribution in [-0.4, -0.2) is 65.2 Å². The Morgan fingerprint density at radius 2 is 1.73 bits per heavy atom. The number of sulfonamides is 1. The van der Waals surface area contributed by atoms with E-state index in [1.54, 1.807) is 38.3 Å². The zero-order valence-corrected chi connectivity index (χ0v) is 20.7. The number of nitrogens with one attached hydrogen (secondary N) is 1. The first kappa shape index (κ1) is 26.3. The second-order valence-electron chi connectivity index (χ2n) is 7.25. The van der Waals surface area contributed by atoms with E-state index >= 15 is 0 Å². The predicted octanol–water partition coefficient (Wildman–Crippen LogP) is 2.29. The van der Waals surface area contributed by atoms with Crippen LogP contribution in [0.15, 0.2) is 42.5 Å². The second kappa shape index (κ2) is 11.2. The van der Waals surface area contributed by atoms with E-state index in [0.717, 1.165) is 16.1 Å². The molecule has 0 aliphatic carbocycles. The van der Waals surface area contributed by atoms with E-state index in [-0.39, 0.29) is 23.2 Å². The fraction of sp³-hybridized carbons (Fsp3) is 0.364. The molecule has 0 saturated heterocycles. The zero-order valence-electron chi connectivity index (χ0n) is 19.2. The van der Waals surface area contributed by atoms with Crippen molar-refractivity contribution in [2.24, 2.45) is 0 Å². The van der Waals surface area contributed by atoms with Crippen molar-refractivity contribution in [3.63, 3.8) is 0 Å². The lowest BCUT2D eigenvalue weighted by Gasteiger charge is -2.31. The van der Waals surface area contributed by atoms with Crippen LogP contribution < -0.4 is 19.1 Å². The van der Waals surface area contributed by atoms with Crippen molar-refractivity contribution in [3.8, 4) is 11.5 Å². The molecule has 9 nitrogen and oxygen atoms in total. The number of likely N-dealkylation sites (N-methyl/N-ethyl adjacent to an activating group) is 1. The van der Waals surface area contributed by atoms with Gasteiger partial charge < -0.3 is 19.7 Å². The number of hydrogen-bond acceptors (Lipinski definition) is 6. The number of methoxy groups -OCH3 is 2. The maximum Gasteiger partial charge on any atom is 0.244 e. The minimum absolute atomic E-state index is 0.0956. The van der Waals surface area contributed by atoms with Gasteiger partial charge in [-0.3, -0.25) is 13.9 Å². The van der Waals surface area contributed by atoms with E-state index in [2.05, 4.69) is 5.32 Å². The highest BCUT2D eigenvalue weighted by Crippen LogP contribution is 2.30. The normalized spacial score (nSPS) is 11.9. The lowest BCUT2D eigenvalue weighted by molar-refractivity contribution is -0.139. The van der Waals surface area contributed by atoms with Crippen molar-refractivity contribution in [2.75, 3.05) is 38.4 Å². The number of benzene rings is 2. The molecule has 1 atom stereocenters. The van der Waals surface area contributed by atoms with Crippen LogP contribution in [0.2, 0.25) is 5.02 Å². The van der Waals surface area contributed by atoms with Crippen LogP contribution in [0.25, 0.3) is 0 Å². The number of carbonyl (C=O) groups is 2. The average Bonchev–Trinajstić information content (AvgIpc) is 2.79. The SMILES string of the molecule is CNC(=O)C(C)N(Cc1ccc(OC)cc1)C(=O)CN(c1ccc(OC)c(Cl)c1)S(C)(=O)=O. The Kier molecular flexibility index (Phi) is 8.95. The smallest absolute Gasteiger partial charge is 0.244 e. The summed E-state index contributed by atoms with van der Waals surface area (Å²) in [6.07, 6.45) is 0.994.